The van der Waals surface area contributed by atoms with E-state index in [2.05, 4.69) is 51.1 Å². The van der Waals surface area contributed by atoms with Crippen LogP contribution in [-0.2, 0) is 9.47 Å². The number of rotatable bonds is 17. The summed E-state index contributed by atoms with van der Waals surface area (Å²) in [7, 11) is 0. The molecule has 1 saturated heterocycles. The first-order chi connectivity index (χ1) is 17.7. The van der Waals surface area contributed by atoms with E-state index in [-0.39, 0.29) is 6.29 Å². The molecule has 0 saturated carbocycles. The molecule has 0 N–H and O–H groups in total. The predicted octanol–water partition coefficient (Wildman–Crippen LogP) is 9.21. The molecule has 200 valence electrons. The third-order valence-electron chi connectivity index (χ3n) is 7.22. The van der Waals surface area contributed by atoms with E-state index in [4.69, 9.17) is 19.2 Å². The molecule has 3 rings (SSSR count). The van der Waals surface area contributed by atoms with Crippen molar-refractivity contribution in [1.29, 1.82) is 0 Å². The Morgan fingerprint density at radius 1 is 0.806 bits per heavy atom. The molecule has 1 fully saturated rings. The SMILES string of the molecule is CCCCCCCCCC[C@H]1CO[C@H](c2ccc(-c3ccc(OCCCCCC)c(C)c3)nc2)OC1. The summed E-state index contributed by atoms with van der Waals surface area (Å²) in [6.07, 6.45) is 18.6. The van der Waals surface area contributed by atoms with Crippen LogP contribution in [0.4, 0.5) is 0 Å². The summed E-state index contributed by atoms with van der Waals surface area (Å²) < 4.78 is 18.1. The van der Waals surface area contributed by atoms with Crippen molar-refractivity contribution in [2.45, 2.75) is 111 Å². The first-order valence-electron chi connectivity index (χ1n) is 14.6. The lowest BCUT2D eigenvalue weighted by molar-refractivity contribution is -0.206. The number of hydrogen-bond donors (Lipinski definition) is 0. The van der Waals surface area contributed by atoms with Crippen LogP contribution in [0.3, 0.4) is 0 Å². The topological polar surface area (TPSA) is 40.6 Å². The van der Waals surface area contributed by atoms with E-state index >= 15 is 0 Å². The Hall–Kier alpha value is -1.91. The van der Waals surface area contributed by atoms with Gasteiger partial charge in [-0.05, 0) is 49.6 Å². The highest BCUT2D eigenvalue weighted by molar-refractivity contribution is 5.62. The molecule has 0 spiro atoms. The van der Waals surface area contributed by atoms with E-state index in [1.165, 1.54) is 77.0 Å². The Balaban J connectivity index is 1.38. The summed E-state index contributed by atoms with van der Waals surface area (Å²) in [5.74, 6) is 1.49. The summed E-state index contributed by atoms with van der Waals surface area (Å²) in [6.45, 7) is 8.96. The van der Waals surface area contributed by atoms with Crippen LogP contribution in [0.2, 0.25) is 0 Å². The number of nitrogens with zero attached hydrogens (tertiary/aromatic N) is 1. The molecule has 4 nitrogen and oxygen atoms in total. The van der Waals surface area contributed by atoms with Crippen LogP contribution in [0, 0.1) is 12.8 Å². The number of aryl methyl sites for hydroxylation is 1. The zero-order valence-corrected chi connectivity index (χ0v) is 23.1. The first-order valence-corrected chi connectivity index (χ1v) is 14.6. The van der Waals surface area contributed by atoms with Crippen molar-refractivity contribution >= 4 is 0 Å². The Bertz CT molecular complexity index is 843. The van der Waals surface area contributed by atoms with Gasteiger partial charge in [0.2, 0.25) is 0 Å². The molecule has 0 radical (unpaired) electrons. The molecular formula is C32H49NO3. The lowest BCUT2D eigenvalue weighted by atomic mass is 10.0. The van der Waals surface area contributed by atoms with Gasteiger partial charge in [-0.2, -0.15) is 0 Å². The lowest BCUT2D eigenvalue weighted by Crippen LogP contribution is -2.27. The summed E-state index contributed by atoms with van der Waals surface area (Å²) in [6, 6.07) is 10.5. The molecule has 0 bridgehead atoms. The average Bonchev–Trinajstić information content (AvgIpc) is 2.91. The number of ether oxygens (including phenoxy) is 3. The second kappa shape index (κ2) is 16.8. The van der Waals surface area contributed by atoms with Crippen molar-refractivity contribution in [2.75, 3.05) is 19.8 Å². The van der Waals surface area contributed by atoms with Gasteiger partial charge in [-0.15, -0.1) is 0 Å². The lowest BCUT2D eigenvalue weighted by Gasteiger charge is -2.29. The van der Waals surface area contributed by atoms with Gasteiger partial charge in [0, 0.05) is 23.2 Å². The molecule has 0 atom stereocenters. The van der Waals surface area contributed by atoms with Gasteiger partial charge in [0.25, 0.3) is 0 Å². The van der Waals surface area contributed by atoms with Gasteiger partial charge in [0.15, 0.2) is 6.29 Å². The van der Waals surface area contributed by atoms with Gasteiger partial charge in [0.1, 0.15) is 5.75 Å². The molecular weight excluding hydrogens is 446 g/mol. The van der Waals surface area contributed by atoms with Crippen LogP contribution < -0.4 is 4.74 Å². The van der Waals surface area contributed by atoms with E-state index < -0.39 is 0 Å². The second-order valence-electron chi connectivity index (χ2n) is 10.5. The van der Waals surface area contributed by atoms with Crippen LogP contribution in [0.15, 0.2) is 36.5 Å². The fourth-order valence-corrected chi connectivity index (χ4v) is 4.87. The molecule has 36 heavy (non-hydrogen) atoms. The number of aromatic nitrogens is 1. The second-order valence-corrected chi connectivity index (χ2v) is 10.5. The van der Waals surface area contributed by atoms with Crippen molar-refractivity contribution in [3.05, 3.63) is 47.7 Å². The van der Waals surface area contributed by atoms with Crippen molar-refractivity contribution in [3.63, 3.8) is 0 Å². The van der Waals surface area contributed by atoms with E-state index in [0.29, 0.717) is 5.92 Å². The van der Waals surface area contributed by atoms with E-state index in [1.54, 1.807) is 0 Å². The average molecular weight is 496 g/mol. The van der Waals surface area contributed by atoms with Gasteiger partial charge in [-0.1, -0.05) is 90.5 Å². The third kappa shape index (κ3) is 9.86. The largest absolute Gasteiger partial charge is 0.493 e. The van der Waals surface area contributed by atoms with E-state index in [1.807, 2.05) is 6.20 Å². The molecule has 1 aliphatic heterocycles. The minimum Gasteiger partial charge on any atom is -0.493 e. The normalized spacial score (nSPS) is 17.9. The summed E-state index contributed by atoms with van der Waals surface area (Å²) in [4.78, 5) is 4.71. The predicted molar refractivity (Wildman–Crippen MR) is 149 cm³/mol. The van der Waals surface area contributed by atoms with Crippen LogP contribution in [0.25, 0.3) is 11.3 Å². The number of pyridine rings is 1. The number of hydrogen-bond acceptors (Lipinski definition) is 4. The first kappa shape index (κ1) is 28.7. The monoisotopic (exact) mass is 495 g/mol. The standard InChI is InChI=1S/C32H49NO3/c1-4-6-8-10-11-12-13-14-16-27-24-35-32(36-25-27)29-17-19-30(33-23-29)28-18-20-31(26(3)22-28)34-21-15-9-7-5-2/h17-20,22-23,27,32H,4-16,21,24-25H2,1-3H3/t27-,32-. The molecule has 0 amide bonds. The van der Waals surface area contributed by atoms with Crippen molar-refractivity contribution in [2.24, 2.45) is 5.92 Å². The van der Waals surface area contributed by atoms with E-state index in [0.717, 1.165) is 54.4 Å². The highest BCUT2D eigenvalue weighted by Gasteiger charge is 2.23. The minimum absolute atomic E-state index is 0.299. The van der Waals surface area contributed by atoms with Gasteiger partial charge < -0.3 is 14.2 Å². The number of benzene rings is 1. The smallest absolute Gasteiger partial charge is 0.185 e. The maximum absolute atomic E-state index is 6.06. The molecule has 0 unspecified atom stereocenters. The Morgan fingerprint density at radius 3 is 2.11 bits per heavy atom. The van der Waals surface area contributed by atoms with Crippen molar-refractivity contribution in [1.82, 2.24) is 4.98 Å². The van der Waals surface area contributed by atoms with Crippen LogP contribution in [0.5, 0.6) is 5.75 Å². The van der Waals surface area contributed by atoms with Gasteiger partial charge in [-0.25, -0.2) is 0 Å². The summed E-state index contributed by atoms with van der Waals surface area (Å²) in [5, 5.41) is 0. The number of unbranched alkanes of at least 4 members (excludes halogenated alkanes) is 10. The molecule has 1 aromatic heterocycles. The Morgan fingerprint density at radius 2 is 1.47 bits per heavy atom. The van der Waals surface area contributed by atoms with E-state index in [9.17, 15) is 0 Å². The molecule has 1 aliphatic rings. The van der Waals surface area contributed by atoms with Crippen molar-refractivity contribution < 1.29 is 14.2 Å². The summed E-state index contributed by atoms with van der Waals surface area (Å²) in [5.41, 5.74) is 4.21. The maximum Gasteiger partial charge on any atom is 0.185 e. The molecule has 1 aromatic carbocycles. The minimum atomic E-state index is -0.299. The molecule has 4 heteroatoms. The van der Waals surface area contributed by atoms with Crippen LogP contribution >= 0.6 is 0 Å². The highest BCUT2D eigenvalue weighted by atomic mass is 16.7. The quantitative estimate of drug-likeness (QED) is 0.205. The zero-order valence-electron chi connectivity index (χ0n) is 23.1. The molecule has 0 aliphatic carbocycles. The van der Waals surface area contributed by atoms with Gasteiger partial charge >= 0.3 is 0 Å². The molecule has 2 heterocycles. The van der Waals surface area contributed by atoms with Crippen LogP contribution in [-0.4, -0.2) is 24.8 Å². The Kier molecular flexibility index (Phi) is 13.3. The zero-order chi connectivity index (χ0) is 25.4. The third-order valence-corrected chi connectivity index (χ3v) is 7.22. The summed E-state index contributed by atoms with van der Waals surface area (Å²) >= 11 is 0. The van der Waals surface area contributed by atoms with Crippen molar-refractivity contribution in [3.8, 4) is 17.0 Å². The Labute approximate surface area is 220 Å². The molecule has 2 aromatic rings. The fraction of sp³-hybridized carbons (Fsp3) is 0.656. The van der Waals surface area contributed by atoms with Gasteiger partial charge in [0.05, 0.1) is 25.5 Å². The van der Waals surface area contributed by atoms with Crippen LogP contribution in [0.1, 0.15) is 115 Å². The maximum atomic E-state index is 6.06. The highest BCUT2D eigenvalue weighted by Crippen LogP contribution is 2.29. The van der Waals surface area contributed by atoms with Gasteiger partial charge in [-0.3, -0.25) is 4.98 Å². The fourth-order valence-electron chi connectivity index (χ4n) is 4.87.